The topological polar surface area (TPSA) is 93.8 Å². The summed E-state index contributed by atoms with van der Waals surface area (Å²) in [5.74, 6) is -0.473. The van der Waals surface area contributed by atoms with E-state index in [0.29, 0.717) is 17.0 Å². The summed E-state index contributed by atoms with van der Waals surface area (Å²) in [5.41, 5.74) is 8.48. The lowest BCUT2D eigenvalue weighted by atomic mass is 10.1. The first-order valence-corrected chi connectivity index (χ1v) is 4.56. The number of hydrogen-bond acceptors (Lipinski definition) is 4. The number of primary amides is 1. The minimum Gasteiger partial charge on any atom is -0.466 e. The molecule has 0 fully saturated rings. The molecule has 16 heavy (non-hydrogen) atoms. The molecule has 1 aromatic rings. The van der Waals surface area contributed by atoms with Gasteiger partial charge in [0.05, 0.1) is 0 Å². The number of carbonyl (C=O) groups is 2. The van der Waals surface area contributed by atoms with E-state index in [1.165, 1.54) is 0 Å². The lowest BCUT2D eigenvalue weighted by molar-refractivity contribution is -0.124. The smallest absolute Gasteiger partial charge is 0.278 e. The van der Waals surface area contributed by atoms with Crippen molar-refractivity contribution in [3.63, 3.8) is 0 Å². The van der Waals surface area contributed by atoms with E-state index < -0.39 is 5.91 Å². The van der Waals surface area contributed by atoms with Crippen molar-refractivity contribution in [2.24, 2.45) is 10.8 Å². The molecular weight excluding hydrogens is 210 g/mol. The highest BCUT2D eigenvalue weighted by Gasteiger charge is 2.14. The first-order chi connectivity index (χ1) is 7.66. The second kappa shape index (κ2) is 4.01. The Morgan fingerprint density at radius 3 is 2.56 bits per heavy atom. The minimum absolute atomic E-state index is 0.0591. The van der Waals surface area contributed by atoms with Crippen molar-refractivity contribution in [3.05, 3.63) is 35.4 Å². The summed E-state index contributed by atoms with van der Waals surface area (Å²) < 4.78 is 5.10. The van der Waals surface area contributed by atoms with Crippen LogP contribution in [0.4, 0.5) is 0 Å². The number of nitrogens with zero attached hydrogens (tertiary/aromatic N) is 1. The zero-order chi connectivity index (χ0) is 11.5. The van der Waals surface area contributed by atoms with Crippen LogP contribution in [0.15, 0.2) is 29.4 Å². The van der Waals surface area contributed by atoms with Gasteiger partial charge in [-0.3, -0.25) is 9.59 Å². The second-order valence-electron chi connectivity index (χ2n) is 3.18. The van der Waals surface area contributed by atoms with E-state index in [9.17, 15) is 9.59 Å². The molecule has 0 aliphatic carbocycles. The average molecular weight is 219 g/mol. The van der Waals surface area contributed by atoms with Crippen molar-refractivity contribution < 1.29 is 14.3 Å². The zero-order valence-corrected chi connectivity index (χ0v) is 8.27. The van der Waals surface area contributed by atoms with E-state index in [1.807, 2.05) is 0 Å². The number of hydrazone groups is 1. The third-order valence-corrected chi connectivity index (χ3v) is 2.04. The fourth-order valence-electron chi connectivity index (χ4n) is 1.24. The Morgan fingerprint density at radius 2 is 2.06 bits per heavy atom. The van der Waals surface area contributed by atoms with Crippen molar-refractivity contribution >= 4 is 17.7 Å². The summed E-state index contributed by atoms with van der Waals surface area (Å²) in [6, 6.07) is 6.44. The molecule has 2 amide bonds. The molecule has 0 unspecified atom stereocenters. The van der Waals surface area contributed by atoms with Crippen LogP contribution < -0.4 is 11.2 Å². The second-order valence-corrected chi connectivity index (χ2v) is 3.18. The zero-order valence-electron chi connectivity index (χ0n) is 8.27. The Balaban J connectivity index is 2.22. The number of amides is 2. The highest BCUT2D eigenvalue weighted by Crippen LogP contribution is 2.07. The molecule has 1 aliphatic heterocycles. The predicted octanol–water partition coefficient (Wildman–Crippen LogP) is -0.407. The largest absolute Gasteiger partial charge is 0.466 e. The SMILES string of the molecule is NC(=O)c1ccc(C2=NNC(=O)CO2)cc1. The van der Waals surface area contributed by atoms with Crippen LogP contribution in [-0.4, -0.2) is 24.3 Å². The fourth-order valence-corrected chi connectivity index (χ4v) is 1.24. The molecule has 0 saturated carbocycles. The van der Waals surface area contributed by atoms with Crippen molar-refractivity contribution in [1.82, 2.24) is 5.43 Å². The molecular formula is C10H9N3O3. The number of hydrogen-bond donors (Lipinski definition) is 2. The van der Waals surface area contributed by atoms with Gasteiger partial charge < -0.3 is 10.5 Å². The highest BCUT2D eigenvalue weighted by atomic mass is 16.5. The maximum atomic E-state index is 10.8. The summed E-state index contributed by atoms with van der Waals surface area (Å²) in [6.45, 7) is -0.0591. The lowest BCUT2D eigenvalue weighted by Gasteiger charge is -2.13. The Labute approximate surface area is 91.1 Å². The number of carbonyl (C=O) groups excluding carboxylic acids is 2. The van der Waals surface area contributed by atoms with Crippen LogP contribution in [0, 0.1) is 0 Å². The first kappa shape index (κ1) is 10.2. The third-order valence-electron chi connectivity index (χ3n) is 2.04. The fraction of sp³-hybridized carbons (Fsp3) is 0.100. The standard InChI is InChI=1S/C10H9N3O3/c11-9(15)6-1-3-7(4-2-6)10-13-12-8(14)5-16-10/h1-4H,5H2,(H2,11,15)(H,12,14). The quantitative estimate of drug-likeness (QED) is 0.708. The number of rotatable bonds is 2. The summed E-state index contributed by atoms with van der Waals surface area (Å²) in [6.07, 6.45) is 0. The average Bonchev–Trinajstić information content (AvgIpc) is 2.30. The van der Waals surface area contributed by atoms with E-state index in [0.717, 1.165) is 0 Å². The van der Waals surface area contributed by atoms with Crippen molar-refractivity contribution in [1.29, 1.82) is 0 Å². The molecule has 0 atom stereocenters. The molecule has 82 valence electrons. The van der Waals surface area contributed by atoms with Crippen molar-refractivity contribution in [2.45, 2.75) is 0 Å². The maximum Gasteiger partial charge on any atom is 0.278 e. The van der Waals surface area contributed by atoms with Crippen LogP contribution in [0.3, 0.4) is 0 Å². The molecule has 6 nitrogen and oxygen atoms in total. The van der Waals surface area contributed by atoms with Crippen LogP contribution in [0.5, 0.6) is 0 Å². The van der Waals surface area contributed by atoms with Gasteiger partial charge in [-0.25, -0.2) is 5.43 Å². The van der Waals surface area contributed by atoms with Gasteiger partial charge >= 0.3 is 0 Å². The van der Waals surface area contributed by atoms with E-state index in [1.54, 1.807) is 24.3 Å². The molecule has 1 aliphatic rings. The van der Waals surface area contributed by atoms with E-state index in [-0.39, 0.29) is 12.5 Å². The van der Waals surface area contributed by atoms with E-state index >= 15 is 0 Å². The van der Waals surface area contributed by atoms with Crippen LogP contribution in [0.1, 0.15) is 15.9 Å². The summed E-state index contributed by atoms with van der Waals surface area (Å²) in [4.78, 5) is 21.6. The molecule has 1 heterocycles. The van der Waals surface area contributed by atoms with Gasteiger partial charge in [0.1, 0.15) is 0 Å². The monoisotopic (exact) mass is 219 g/mol. The number of nitrogens with one attached hydrogen (secondary N) is 1. The Hall–Kier alpha value is -2.37. The minimum atomic E-state index is -0.494. The lowest BCUT2D eigenvalue weighted by Crippen LogP contribution is -2.32. The van der Waals surface area contributed by atoms with Gasteiger partial charge in [0.2, 0.25) is 11.8 Å². The summed E-state index contributed by atoms with van der Waals surface area (Å²) in [7, 11) is 0. The van der Waals surface area contributed by atoms with Gasteiger partial charge in [0, 0.05) is 11.1 Å². The van der Waals surface area contributed by atoms with Crippen LogP contribution >= 0.6 is 0 Å². The van der Waals surface area contributed by atoms with Gasteiger partial charge in [-0.15, -0.1) is 5.10 Å². The number of nitrogens with two attached hydrogens (primary N) is 1. The van der Waals surface area contributed by atoms with Crippen molar-refractivity contribution in [3.8, 4) is 0 Å². The van der Waals surface area contributed by atoms with Gasteiger partial charge in [-0.2, -0.15) is 0 Å². The maximum absolute atomic E-state index is 10.8. The summed E-state index contributed by atoms with van der Waals surface area (Å²) >= 11 is 0. The third kappa shape index (κ3) is 2.00. The molecule has 0 saturated heterocycles. The summed E-state index contributed by atoms with van der Waals surface area (Å²) in [5, 5.41) is 3.73. The molecule has 0 bridgehead atoms. The highest BCUT2D eigenvalue weighted by molar-refractivity contribution is 5.99. The number of ether oxygens (including phenoxy) is 1. The molecule has 6 heteroatoms. The molecule has 0 spiro atoms. The van der Waals surface area contributed by atoms with Gasteiger partial charge in [0.25, 0.3) is 5.91 Å². The van der Waals surface area contributed by atoms with Crippen molar-refractivity contribution in [2.75, 3.05) is 6.61 Å². The van der Waals surface area contributed by atoms with E-state index in [2.05, 4.69) is 10.5 Å². The Morgan fingerprint density at radius 1 is 1.38 bits per heavy atom. The molecule has 0 aromatic heterocycles. The molecule has 3 N–H and O–H groups in total. The van der Waals surface area contributed by atoms with Gasteiger partial charge in [-0.05, 0) is 24.3 Å². The molecule has 0 radical (unpaired) electrons. The Kier molecular flexibility index (Phi) is 2.55. The van der Waals surface area contributed by atoms with Gasteiger partial charge in [0.15, 0.2) is 6.61 Å². The number of benzene rings is 1. The first-order valence-electron chi connectivity index (χ1n) is 4.56. The van der Waals surface area contributed by atoms with E-state index in [4.69, 9.17) is 10.5 Å². The molecule has 1 aromatic carbocycles. The Bertz CT molecular complexity index is 465. The van der Waals surface area contributed by atoms with Crippen LogP contribution in [0.2, 0.25) is 0 Å². The van der Waals surface area contributed by atoms with Crippen LogP contribution in [-0.2, 0) is 9.53 Å². The molecule has 2 rings (SSSR count). The normalized spacial score (nSPS) is 14.8. The van der Waals surface area contributed by atoms with Gasteiger partial charge in [-0.1, -0.05) is 0 Å². The predicted molar refractivity (Wildman–Crippen MR) is 55.6 cm³/mol. The van der Waals surface area contributed by atoms with Crippen LogP contribution in [0.25, 0.3) is 0 Å².